The van der Waals surface area contributed by atoms with Crippen molar-refractivity contribution in [2.24, 2.45) is 17.3 Å². The second-order valence-electron chi connectivity index (χ2n) is 5.01. The molecule has 1 fully saturated rings. The molecule has 0 spiro atoms. The molecule has 0 saturated heterocycles. The van der Waals surface area contributed by atoms with Gasteiger partial charge in [0.25, 0.3) is 0 Å². The molecule has 1 rings (SSSR count). The van der Waals surface area contributed by atoms with Gasteiger partial charge in [-0.1, -0.05) is 20.8 Å². The Hall–Kier alpha value is -1.19. The molecule has 1 aliphatic rings. The van der Waals surface area contributed by atoms with Crippen LogP contribution in [0.4, 0.5) is 0 Å². The smallest absolute Gasteiger partial charge is 0.324 e. The standard InChI is InChI=1S/C11H16O4/c1-11(2,3)8(10(14)15-6-12)9(13)7-4-5-7/h6-8H,4-5H2,1-3H3. The Labute approximate surface area is 89.0 Å². The van der Waals surface area contributed by atoms with Gasteiger partial charge in [-0.2, -0.15) is 0 Å². The lowest BCUT2D eigenvalue weighted by Gasteiger charge is -2.26. The first kappa shape index (κ1) is 11.9. The fourth-order valence-electron chi connectivity index (χ4n) is 1.62. The number of hydrogen-bond donors (Lipinski definition) is 0. The van der Waals surface area contributed by atoms with Gasteiger partial charge >= 0.3 is 12.4 Å². The topological polar surface area (TPSA) is 60.4 Å². The molecule has 0 amide bonds. The Morgan fingerprint density at radius 3 is 2.20 bits per heavy atom. The molecule has 0 heterocycles. The number of rotatable bonds is 4. The average Bonchev–Trinajstić information content (AvgIpc) is 2.83. The Morgan fingerprint density at radius 2 is 1.87 bits per heavy atom. The van der Waals surface area contributed by atoms with E-state index in [1.165, 1.54) is 0 Å². The number of hydrogen-bond acceptors (Lipinski definition) is 4. The maximum atomic E-state index is 11.9. The van der Waals surface area contributed by atoms with Gasteiger partial charge in [-0.25, -0.2) is 0 Å². The van der Waals surface area contributed by atoms with Crippen LogP contribution in [0.2, 0.25) is 0 Å². The average molecular weight is 212 g/mol. The molecular formula is C11H16O4. The van der Waals surface area contributed by atoms with Crippen molar-refractivity contribution < 1.29 is 19.1 Å². The minimum absolute atomic E-state index is 0.00609. The van der Waals surface area contributed by atoms with Crippen LogP contribution in [0.3, 0.4) is 0 Å². The molecule has 1 saturated carbocycles. The van der Waals surface area contributed by atoms with Crippen LogP contribution in [-0.4, -0.2) is 18.2 Å². The van der Waals surface area contributed by atoms with E-state index in [4.69, 9.17) is 0 Å². The number of carbonyl (C=O) groups excluding carboxylic acids is 3. The summed E-state index contributed by atoms with van der Waals surface area (Å²) < 4.78 is 4.29. The van der Waals surface area contributed by atoms with E-state index in [0.717, 1.165) is 12.8 Å². The maximum absolute atomic E-state index is 11.9. The molecule has 0 aromatic carbocycles. The summed E-state index contributed by atoms with van der Waals surface area (Å²) in [5.74, 6) is -1.65. The second kappa shape index (κ2) is 4.13. The van der Waals surface area contributed by atoms with Crippen LogP contribution in [0, 0.1) is 17.3 Å². The van der Waals surface area contributed by atoms with Crippen molar-refractivity contribution in [3.63, 3.8) is 0 Å². The van der Waals surface area contributed by atoms with E-state index in [0.29, 0.717) is 0 Å². The van der Waals surface area contributed by atoms with Crippen molar-refractivity contribution in [2.45, 2.75) is 33.6 Å². The molecular weight excluding hydrogens is 196 g/mol. The van der Waals surface area contributed by atoms with Gasteiger partial charge in [-0.15, -0.1) is 0 Å². The highest BCUT2D eigenvalue weighted by atomic mass is 16.6. The van der Waals surface area contributed by atoms with E-state index < -0.39 is 17.3 Å². The molecule has 0 aromatic rings. The third-order valence-electron chi connectivity index (χ3n) is 2.53. The first-order valence-corrected chi connectivity index (χ1v) is 5.05. The van der Waals surface area contributed by atoms with Gasteiger partial charge in [-0.3, -0.25) is 14.4 Å². The minimum atomic E-state index is -0.824. The Kier molecular flexibility index (Phi) is 3.27. The van der Waals surface area contributed by atoms with Crippen LogP contribution >= 0.6 is 0 Å². The second-order valence-corrected chi connectivity index (χ2v) is 5.01. The summed E-state index contributed by atoms with van der Waals surface area (Å²) in [6.45, 7) is 5.47. The Bertz CT molecular complexity index is 283. The predicted octanol–water partition coefficient (Wildman–Crippen LogP) is 1.33. The van der Waals surface area contributed by atoms with E-state index in [1.54, 1.807) is 20.8 Å². The van der Waals surface area contributed by atoms with Crippen molar-refractivity contribution in [3.8, 4) is 0 Å². The van der Waals surface area contributed by atoms with Gasteiger partial charge in [0.05, 0.1) is 0 Å². The molecule has 1 unspecified atom stereocenters. The lowest BCUT2D eigenvalue weighted by atomic mass is 9.77. The van der Waals surface area contributed by atoms with E-state index in [1.807, 2.05) is 0 Å². The molecule has 1 aliphatic carbocycles. The summed E-state index contributed by atoms with van der Waals surface area (Å²) in [5, 5.41) is 0. The van der Waals surface area contributed by atoms with Crippen molar-refractivity contribution in [1.29, 1.82) is 0 Å². The van der Waals surface area contributed by atoms with Gasteiger partial charge in [0.1, 0.15) is 5.92 Å². The van der Waals surface area contributed by atoms with Crippen LogP contribution < -0.4 is 0 Å². The van der Waals surface area contributed by atoms with Gasteiger partial charge in [0.15, 0.2) is 5.78 Å². The normalized spacial score (nSPS) is 18.1. The summed E-state index contributed by atoms with van der Waals surface area (Å²) in [6, 6.07) is 0. The largest absolute Gasteiger partial charge is 0.395 e. The summed E-state index contributed by atoms with van der Waals surface area (Å²) in [6.07, 6.45) is 1.69. The molecule has 0 aromatic heterocycles. The van der Waals surface area contributed by atoms with Gasteiger partial charge < -0.3 is 4.74 Å². The van der Waals surface area contributed by atoms with Crippen molar-refractivity contribution in [1.82, 2.24) is 0 Å². The fourth-order valence-corrected chi connectivity index (χ4v) is 1.62. The maximum Gasteiger partial charge on any atom is 0.324 e. The van der Waals surface area contributed by atoms with Crippen LogP contribution in [0.15, 0.2) is 0 Å². The first-order chi connectivity index (χ1) is 6.88. The van der Waals surface area contributed by atoms with Crippen molar-refractivity contribution >= 4 is 18.2 Å². The number of Topliss-reactive ketones (excluding diaryl/α,β-unsaturated/α-hetero) is 1. The number of esters is 1. The Morgan fingerprint density at radius 1 is 1.33 bits per heavy atom. The highest BCUT2D eigenvalue weighted by molar-refractivity contribution is 6.03. The number of carbonyl (C=O) groups is 3. The van der Waals surface area contributed by atoms with Gasteiger partial charge in [-0.05, 0) is 18.3 Å². The van der Waals surface area contributed by atoms with Gasteiger partial charge in [0.2, 0.25) is 0 Å². The Balaban J connectivity index is 2.81. The molecule has 1 atom stereocenters. The fraction of sp³-hybridized carbons (Fsp3) is 0.727. The summed E-state index contributed by atoms with van der Waals surface area (Å²) in [4.78, 5) is 33.4. The van der Waals surface area contributed by atoms with Crippen LogP contribution in [0.25, 0.3) is 0 Å². The van der Waals surface area contributed by atoms with Crippen LogP contribution in [0.1, 0.15) is 33.6 Å². The van der Waals surface area contributed by atoms with E-state index >= 15 is 0 Å². The van der Waals surface area contributed by atoms with E-state index in [-0.39, 0.29) is 18.2 Å². The molecule has 15 heavy (non-hydrogen) atoms. The zero-order chi connectivity index (χ0) is 11.6. The minimum Gasteiger partial charge on any atom is -0.395 e. The van der Waals surface area contributed by atoms with Crippen LogP contribution in [0.5, 0.6) is 0 Å². The molecule has 4 nitrogen and oxygen atoms in total. The highest BCUT2D eigenvalue weighted by Crippen LogP contribution is 2.38. The van der Waals surface area contributed by atoms with Crippen molar-refractivity contribution in [3.05, 3.63) is 0 Å². The number of ketones is 1. The van der Waals surface area contributed by atoms with Crippen molar-refractivity contribution in [2.75, 3.05) is 0 Å². The van der Waals surface area contributed by atoms with Crippen LogP contribution in [-0.2, 0) is 19.1 Å². The SMILES string of the molecule is CC(C)(C)C(C(=O)OC=O)C(=O)C1CC1. The van der Waals surface area contributed by atoms with E-state index in [9.17, 15) is 14.4 Å². The third kappa shape index (κ3) is 2.88. The molecule has 0 N–H and O–H groups in total. The summed E-state index contributed by atoms with van der Waals surface area (Å²) >= 11 is 0. The summed E-state index contributed by atoms with van der Waals surface area (Å²) in [7, 11) is 0. The zero-order valence-electron chi connectivity index (χ0n) is 9.28. The lowest BCUT2D eigenvalue weighted by Crippen LogP contribution is -2.37. The zero-order valence-corrected chi connectivity index (χ0v) is 9.28. The quantitative estimate of drug-likeness (QED) is 0.400. The van der Waals surface area contributed by atoms with E-state index in [2.05, 4.69) is 4.74 Å². The molecule has 84 valence electrons. The summed E-state index contributed by atoms with van der Waals surface area (Å²) in [5.41, 5.74) is -0.500. The molecule has 0 radical (unpaired) electrons. The monoisotopic (exact) mass is 212 g/mol. The lowest BCUT2D eigenvalue weighted by molar-refractivity contribution is -0.160. The highest BCUT2D eigenvalue weighted by Gasteiger charge is 2.45. The third-order valence-corrected chi connectivity index (χ3v) is 2.53. The predicted molar refractivity (Wildman–Crippen MR) is 52.8 cm³/mol. The first-order valence-electron chi connectivity index (χ1n) is 5.05. The molecule has 0 aliphatic heterocycles. The number of ether oxygens (including phenoxy) is 1. The molecule has 4 heteroatoms. The van der Waals surface area contributed by atoms with Gasteiger partial charge in [0, 0.05) is 5.92 Å². The molecule has 0 bridgehead atoms.